The first kappa shape index (κ1) is 9.60. The van der Waals surface area contributed by atoms with Gasteiger partial charge in [0, 0.05) is 16.1 Å². The molecule has 1 aromatic heterocycles. The lowest BCUT2D eigenvalue weighted by Gasteiger charge is -2.03. The highest BCUT2D eigenvalue weighted by Gasteiger charge is 2.06. The zero-order valence-corrected chi connectivity index (χ0v) is 9.91. The smallest absolute Gasteiger partial charge is 0.256 e. The van der Waals surface area contributed by atoms with E-state index in [1.54, 1.807) is 6.20 Å². The quantitative estimate of drug-likeness (QED) is 0.626. The van der Waals surface area contributed by atoms with Crippen molar-refractivity contribution in [3.63, 3.8) is 0 Å². The number of hydrogen-bond donors (Lipinski definition) is 1. The molecule has 0 amide bonds. The molecule has 0 aliphatic rings. The normalized spacial score (nSPS) is 11.1. The van der Waals surface area contributed by atoms with Crippen LogP contribution in [0.25, 0.3) is 21.5 Å². The molecule has 0 aliphatic heterocycles. The standard InChI is InChI=1S/C13H8BrNO/c14-11-7-15-13(16)12-9-4-2-1-3-8(9)5-6-10(11)12/h1-7H,(H,15,16). The molecule has 16 heavy (non-hydrogen) atoms. The van der Waals surface area contributed by atoms with Gasteiger partial charge in [-0.25, -0.2) is 0 Å². The molecule has 1 heterocycles. The zero-order chi connectivity index (χ0) is 11.1. The van der Waals surface area contributed by atoms with Crippen LogP contribution in [0.3, 0.4) is 0 Å². The van der Waals surface area contributed by atoms with Gasteiger partial charge < -0.3 is 4.98 Å². The lowest BCUT2D eigenvalue weighted by atomic mass is 10.0. The Labute approximate surface area is 100 Å². The summed E-state index contributed by atoms with van der Waals surface area (Å²) in [5.41, 5.74) is -0.0463. The van der Waals surface area contributed by atoms with E-state index in [2.05, 4.69) is 20.9 Å². The van der Waals surface area contributed by atoms with Gasteiger partial charge in [-0.1, -0.05) is 36.4 Å². The second-order valence-corrected chi connectivity index (χ2v) is 4.53. The highest BCUT2D eigenvalue weighted by atomic mass is 79.9. The van der Waals surface area contributed by atoms with E-state index in [1.807, 2.05) is 36.4 Å². The van der Waals surface area contributed by atoms with Gasteiger partial charge in [-0.3, -0.25) is 4.79 Å². The Kier molecular flexibility index (Phi) is 2.07. The number of benzene rings is 2. The van der Waals surface area contributed by atoms with Crippen molar-refractivity contribution in [1.29, 1.82) is 0 Å². The fourth-order valence-electron chi connectivity index (χ4n) is 1.99. The Balaban J connectivity index is 2.70. The van der Waals surface area contributed by atoms with Crippen molar-refractivity contribution < 1.29 is 0 Å². The molecule has 2 aromatic carbocycles. The third-order valence-electron chi connectivity index (χ3n) is 2.74. The van der Waals surface area contributed by atoms with Crippen LogP contribution >= 0.6 is 15.9 Å². The van der Waals surface area contributed by atoms with E-state index in [-0.39, 0.29) is 5.56 Å². The van der Waals surface area contributed by atoms with Gasteiger partial charge in [-0.05, 0) is 26.7 Å². The number of aromatic amines is 1. The van der Waals surface area contributed by atoms with E-state index in [4.69, 9.17) is 0 Å². The lowest BCUT2D eigenvalue weighted by molar-refractivity contribution is 1.27. The van der Waals surface area contributed by atoms with E-state index >= 15 is 0 Å². The molecule has 0 spiro atoms. The number of rotatable bonds is 0. The summed E-state index contributed by atoms with van der Waals surface area (Å²) in [5, 5.41) is 3.76. The minimum absolute atomic E-state index is 0.0463. The average Bonchev–Trinajstić information content (AvgIpc) is 2.33. The molecule has 0 fully saturated rings. The maximum atomic E-state index is 11.9. The van der Waals surface area contributed by atoms with E-state index in [9.17, 15) is 4.79 Å². The van der Waals surface area contributed by atoms with Gasteiger partial charge in [0.2, 0.25) is 0 Å². The SMILES string of the molecule is O=c1[nH]cc(Br)c2ccc3ccccc3c12. The van der Waals surface area contributed by atoms with Crippen molar-refractivity contribution in [2.75, 3.05) is 0 Å². The summed E-state index contributed by atoms with van der Waals surface area (Å²) in [6.07, 6.45) is 1.68. The average molecular weight is 274 g/mol. The van der Waals surface area contributed by atoms with E-state index < -0.39 is 0 Å². The number of halogens is 1. The zero-order valence-electron chi connectivity index (χ0n) is 8.33. The summed E-state index contributed by atoms with van der Waals surface area (Å²) in [6, 6.07) is 11.9. The number of nitrogens with one attached hydrogen (secondary N) is 1. The molecule has 78 valence electrons. The van der Waals surface area contributed by atoms with Crippen molar-refractivity contribution in [2.45, 2.75) is 0 Å². The maximum Gasteiger partial charge on any atom is 0.256 e. The fraction of sp³-hybridized carbons (Fsp3) is 0. The predicted octanol–water partition coefficient (Wildman–Crippen LogP) is 3.44. The molecule has 0 saturated heterocycles. The largest absolute Gasteiger partial charge is 0.327 e. The molecule has 2 nitrogen and oxygen atoms in total. The van der Waals surface area contributed by atoms with Gasteiger partial charge in [0.05, 0.1) is 5.39 Å². The van der Waals surface area contributed by atoms with Crippen molar-refractivity contribution >= 4 is 37.5 Å². The molecular weight excluding hydrogens is 266 g/mol. The fourth-order valence-corrected chi connectivity index (χ4v) is 2.44. The summed E-state index contributed by atoms with van der Waals surface area (Å²) in [7, 11) is 0. The van der Waals surface area contributed by atoms with Crippen molar-refractivity contribution in [3.05, 3.63) is 57.4 Å². The summed E-state index contributed by atoms with van der Waals surface area (Å²) in [6.45, 7) is 0. The maximum absolute atomic E-state index is 11.9. The summed E-state index contributed by atoms with van der Waals surface area (Å²) < 4.78 is 0.910. The van der Waals surface area contributed by atoms with Crippen LogP contribution in [0.5, 0.6) is 0 Å². The first-order valence-corrected chi connectivity index (χ1v) is 5.75. The number of hydrogen-bond acceptors (Lipinski definition) is 1. The van der Waals surface area contributed by atoms with Crippen molar-refractivity contribution in [1.82, 2.24) is 4.98 Å². The van der Waals surface area contributed by atoms with Gasteiger partial charge in [0.15, 0.2) is 0 Å². The molecule has 0 saturated carbocycles. The third-order valence-corrected chi connectivity index (χ3v) is 3.40. The van der Waals surface area contributed by atoms with Crippen molar-refractivity contribution in [2.24, 2.45) is 0 Å². The van der Waals surface area contributed by atoms with Crippen LogP contribution in [-0.2, 0) is 0 Å². The van der Waals surface area contributed by atoms with Crippen LogP contribution in [0.2, 0.25) is 0 Å². The van der Waals surface area contributed by atoms with E-state index in [0.717, 1.165) is 26.0 Å². The highest BCUT2D eigenvalue weighted by Crippen LogP contribution is 2.26. The lowest BCUT2D eigenvalue weighted by Crippen LogP contribution is -2.05. The van der Waals surface area contributed by atoms with Crippen LogP contribution < -0.4 is 5.56 Å². The summed E-state index contributed by atoms with van der Waals surface area (Å²) in [5.74, 6) is 0. The molecule has 3 rings (SSSR count). The molecule has 3 heteroatoms. The second-order valence-electron chi connectivity index (χ2n) is 3.67. The van der Waals surface area contributed by atoms with Crippen LogP contribution in [-0.4, -0.2) is 4.98 Å². The Morgan fingerprint density at radius 2 is 1.81 bits per heavy atom. The number of H-pyrrole nitrogens is 1. The molecule has 0 bridgehead atoms. The van der Waals surface area contributed by atoms with Crippen LogP contribution in [0, 0.1) is 0 Å². The molecule has 0 radical (unpaired) electrons. The number of fused-ring (bicyclic) bond motifs is 3. The summed E-state index contributed by atoms with van der Waals surface area (Å²) >= 11 is 3.45. The van der Waals surface area contributed by atoms with Gasteiger partial charge >= 0.3 is 0 Å². The van der Waals surface area contributed by atoms with E-state index in [1.165, 1.54) is 0 Å². The number of pyridine rings is 1. The van der Waals surface area contributed by atoms with Crippen LogP contribution in [0.15, 0.2) is 51.9 Å². The van der Waals surface area contributed by atoms with Gasteiger partial charge in [0.25, 0.3) is 5.56 Å². The molecule has 0 aliphatic carbocycles. The predicted molar refractivity (Wildman–Crippen MR) is 69.8 cm³/mol. The van der Waals surface area contributed by atoms with Gasteiger partial charge in [-0.2, -0.15) is 0 Å². The molecule has 3 aromatic rings. The summed E-state index contributed by atoms with van der Waals surface area (Å²) in [4.78, 5) is 14.6. The van der Waals surface area contributed by atoms with E-state index in [0.29, 0.717) is 0 Å². The molecular formula is C13H8BrNO. The van der Waals surface area contributed by atoms with Crippen LogP contribution in [0.4, 0.5) is 0 Å². The Morgan fingerprint density at radius 1 is 1.00 bits per heavy atom. The minimum Gasteiger partial charge on any atom is -0.327 e. The van der Waals surface area contributed by atoms with Gasteiger partial charge in [-0.15, -0.1) is 0 Å². The molecule has 0 unspecified atom stereocenters. The van der Waals surface area contributed by atoms with Crippen LogP contribution in [0.1, 0.15) is 0 Å². The monoisotopic (exact) mass is 273 g/mol. The van der Waals surface area contributed by atoms with Crippen molar-refractivity contribution in [3.8, 4) is 0 Å². The number of aromatic nitrogens is 1. The third kappa shape index (κ3) is 1.28. The minimum atomic E-state index is -0.0463. The Hall–Kier alpha value is -1.61. The molecule has 0 atom stereocenters. The topological polar surface area (TPSA) is 32.9 Å². The Morgan fingerprint density at radius 3 is 2.69 bits per heavy atom. The van der Waals surface area contributed by atoms with Gasteiger partial charge in [0.1, 0.15) is 0 Å². The second kappa shape index (κ2) is 3.46. The first-order chi connectivity index (χ1) is 7.77. The highest BCUT2D eigenvalue weighted by molar-refractivity contribution is 9.10. The Bertz CT molecular complexity index is 746. The molecule has 1 N–H and O–H groups in total. The first-order valence-electron chi connectivity index (χ1n) is 4.96.